The van der Waals surface area contributed by atoms with Crippen molar-refractivity contribution in [3.63, 3.8) is 0 Å². The lowest BCUT2D eigenvalue weighted by Gasteiger charge is -2.40. The first-order valence-electron chi connectivity index (χ1n) is 9.17. The van der Waals surface area contributed by atoms with Crippen molar-refractivity contribution < 1.29 is 33.3 Å². The summed E-state index contributed by atoms with van der Waals surface area (Å²) in [6.45, 7) is 10.7. The third-order valence-electron chi connectivity index (χ3n) is 4.10. The fraction of sp³-hybridized carbons (Fsp3) is 0.842. The van der Waals surface area contributed by atoms with Gasteiger partial charge in [0.1, 0.15) is 6.10 Å². The van der Waals surface area contributed by atoms with Crippen molar-refractivity contribution in [2.24, 2.45) is 11.3 Å². The van der Waals surface area contributed by atoms with Gasteiger partial charge in [0.15, 0.2) is 6.10 Å². The van der Waals surface area contributed by atoms with Crippen LogP contribution in [-0.2, 0) is 33.3 Å². The van der Waals surface area contributed by atoms with Crippen molar-refractivity contribution in [3.05, 3.63) is 0 Å². The molecule has 1 aliphatic rings. The lowest BCUT2D eigenvalue weighted by atomic mass is 9.83. The van der Waals surface area contributed by atoms with Gasteiger partial charge in [-0.1, -0.05) is 6.92 Å². The summed E-state index contributed by atoms with van der Waals surface area (Å²) in [5.74, 6) is -1.21. The Morgan fingerprint density at radius 3 is 2.08 bits per heavy atom. The minimum atomic E-state index is -0.676. The van der Waals surface area contributed by atoms with Crippen LogP contribution in [-0.4, -0.2) is 49.4 Å². The zero-order chi connectivity index (χ0) is 19.9. The smallest absolute Gasteiger partial charge is 0.311 e. The van der Waals surface area contributed by atoms with Gasteiger partial charge in [0.25, 0.3) is 0 Å². The van der Waals surface area contributed by atoms with Crippen LogP contribution in [0.2, 0.25) is 0 Å². The van der Waals surface area contributed by atoms with E-state index in [0.29, 0.717) is 19.4 Å². The van der Waals surface area contributed by atoms with E-state index in [4.69, 9.17) is 18.9 Å². The second-order valence-corrected chi connectivity index (χ2v) is 7.82. The van der Waals surface area contributed by atoms with E-state index in [2.05, 4.69) is 0 Å². The minimum Gasteiger partial charge on any atom is -0.466 e. The van der Waals surface area contributed by atoms with Gasteiger partial charge in [0.2, 0.25) is 0 Å². The van der Waals surface area contributed by atoms with Crippen molar-refractivity contribution in [1.29, 1.82) is 0 Å². The van der Waals surface area contributed by atoms with Crippen LogP contribution in [0.15, 0.2) is 0 Å². The van der Waals surface area contributed by atoms with E-state index in [9.17, 15) is 14.4 Å². The molecule has 4 unspecified atom stereocenters. The molecule has 0 aromatic heterocycles. The van der Waals surface area contributed by atoms with E-state index in [-0.39, 0.29) is 24.5 Å². The third kappa shape index (κ3) is 7.32. The molecule has 7 nitrogen and oxygen atoms in total. The van der Waals surface area contributed by atoms with Crippen molar-refractivity contribution in [2.75, 3.05) is 13.2 Å². The molecule has 0 radical (unpaired) electrons. The molecule has 1 rings (SSSR count). The number of esters is 3. The molecule has 0 amide bonds. The normalized spacial score (nSPS) is 26.1. The van der Waals surface area contributed by atoms with Crippen molar-refractivity contribution >= 4 is 17.9 Å². The first-order valence-corrected chi connectivity index (χ1v) is 9.17. The Morgan fingerprint density at radius 1 is 0.962 bits per heavy atom. The summed E-state index contributed by atoms with van der Waals surface area (Å²) in [6.07, 6.45) is 0.0952. The van der Waals surface area contributed by atoms with Crippen LogP contribution < -0.4 is 0 Å². The van der Waals surface area contributed by atoms with Gasteiger partial charge in [-0.3, -0.25) is 14.4 Å². The fourth-order valence-electron chi connectivity index (χ4n) is 2.84. The number of ether oxygens (including phenoxy) is 4. The average Bonchev–Trinajstić information content (AvgIpc) is 2.51. The topological polar surface area (TPSA) is 88.1 Å². The van der Waals surface area contributed by atoms with Crippen LogP contribution in [0.1, 0.15) is 60.8 Å². The molecule has 0 heterocycles. The highest BCUT2D eigenvalue weighted by molar-refractivity contribution is 5.75. The Labute approximate surface area is 155 Å². The minimum absolute atomic E-state index is 0.0327. The van der Waals surface area contributed by atoms with E-state index < -0.39 is 29.7 Å². The van der Waals surface area contributed by atoms with E-state index in [1.54, 1.807) is 20.8 Å². The quantitative estimate of drug-likeness (QED) is 0.501. The molecule has 0 aliphatic heterocycles. The van der Waals surface area contributed by atoms with E-state index in [1.165, 1.54) is 13.8 Å². The zero-order valence-corrected chi connectivity index (χ0v) is 16.7. The molecular weight excluding hydrogens is 340 g/mol. The molecule has 0 aromatic rings. The molecule has 0 aromatic carbocycles. The van der Waals surface area contributed by atoms with Gasteiger partial charge in [-0.15, -0.1) is 0 Å². The highest BCUT2D eigenvalue weighted by atomic mass is 16.6. The Balaban J connectivity index is 2.98. The van der Waals surface area contributed by atoms with Crippen LogP contribution in [0, 0.1) is 11.3 Å². The molecule has 4 atom stereocenters. The second-order valence-electron chi connectivity index (χ2n) is 7.82. The summed E-state index contributed by atoms with van der Waals surface area (Å²) in [5, 5.41) is 0. The highest BCUT2D eigenvalue weighted by Gasteiger charge is 2.44. The first-order chi connectivity index (χ1) is 12.0. The predicted molar refractivity (Wildman–Crippen MR) is 94.3 cm³/mol. The Kier molecular flexibility index (Phi) is 8.53. The standard InChI is InChI=1S/C19H32O7/c1-7-8-23-15-9-14(11-24-12(2)20)10-16(25-13(3)21)17(15)26-18(22)19(4,5)6/h14-17H,7-11H2,1-6H3. The van der Waals surface area contributed by atoms with Crippen LogP contribution in [0.4, 0.5) is 0 Å². The molecule has 1 aliphatic carbocycles. The zero-order valence-electron chi connectivity index (χ0n) is 16.7. The summed E-state index contributed by atoms with van der Waals surface area (Å²) in [6, 6.07) is 0. The summed E-state index contributed by atoms with van der Waals surface area (Å²) in [7, 11) is 0. The molecular formula is C19H32O7. The van der Waals surface area contributed by atoms with Crippen LogP contribution in [0.25, 0.3) is 0 Å². The first kappa shape index (κ1) is 22.4. The van der Waals surface area contributed by atoms with Gasteiger partial charge >= 0.3 is 17.9 Å². The lowest BCUT2D eigenvalue weighted by molar-refractivity contribution is -0.198. The molecule has 26 heavy (non-hydrogen) atoms. The largest absolute Gasteiger partial charge is 0.466 e. The lowest BCUT2D eigenvalue weighted by Crippen LogP contribution is -2.51. The number of hydrogen-bond donors (Lipinski definition) is 0. The summed E-state index contributed by atoms with van der Waals surface area (Å²) in [5.41, 5.74) is -0.676. The Morgan fingerprint density at radius 2 is 1.58 bits per heavy atom. The Bertz CT molecular complexity index is 495. The number of carbonyl (C=O) groups is 3. The van der Waals surface area contributed by atoms with Gasteiger partial charge in [-0.05, 0) is 46.0 Å². The van der Waals surface area contributed by atoms with Gasteiger partial charge in [0.05, 0.1) is 18.1 Å². The maximum Gasteiger partial charge on any atom is 0.311 e. The van der Waals surface area contributed by atoms with Gasteiger partial charge in [-0.2, -0.15) is 0 Å². The van der Waals surface area contributed by atoms with Crippen molar-refractivity contribution in [2.45, 2.75) is 79.1 Å². The molecule has 0 N–H and O–H groups in total. The molecule has 150 valence electrons. The van der Waals surface area contributed by atoms with Gasteiger partial charge in [0, 0.05) is 20.5 Å². The van der Waals surface area contributed by atoms with E-state index in [0.717, 1.165) is 6.42 Å². The monoisotopic (exact) mass is 372 g/mol. The highest BCUT2D eigenvalue weighted by Crippen LogP contribution is 2.33. The molecule has 0 bridgehead atoms. The summed E-state index contributed by atoms with van der Waals surface area (Å²) < 4.78 is 22.1. The second kappa shape index (κ2) is 9.90. The molecule has 1 saturated carbocycles. The summed E-state index contributed by atoms with van der Waals surface area (Å²) >= 11 is 0. The average molecular weight is 372 g/mol. The third-order valence-corrected chi connectivity index (χ3v) is 4.10. The number of hydrogen-bond acceptors (Lipinski definition) is 7. The predicted octanol–water partition coefficient (Wildman–Crippen LogP) is 2.64. The SMILES string of the molecule is CCCOC1CC(COC(C)=O)CC(OC(C)=O)C1OC(=O)C(C)(C)C. The maximum atomic E-state index is 12.4. The molecule has 7 heteroatoms. The van der Waals surface area contributed by atoms with Gasteiger partial charge in [-0.25, -0.2) is 0 Å². The van der Waals surface area contributed by atoms with E-state index >= 15 is 0 Å². The number of carbonyl (C=O) groups excluding carboxylic acids is 3. The molecule has 1 fully saturated rings. The van der Waals surface area contributed by atoms with Crippen LogP contribution >= 0.6 is 0 Å². The van der Waals surface area contributed by atoms with E-state index in [1.807, 2.05) is 6.92 Å². The maximum absolute atomic E-state index is 12.4. The molecule has 0 saturated heterocycles. The van der Waals surface area contributed by atoms with Crippen LogP contribution in [0.5, 0.6) is 0 Å². The summed E-state index contributed by atoms with van der Waals surface area (Å²) in [4.78, 5) is 35.0. The van der Waals surface area contributed by atoms with Crippen LogP contribution in [0.3, 0.4) is 0 Å². The van der Waals surface area contributed by atoms with Crippen molar-refractivity contribution in [3.8, 4) is 0 Å². The van der Waals surface area contributed by atoms with Crippen molar-refractivity contribution in [1.82, 2.24) is 0 Å². The molecule has 0 spiro atoms. The van der Waals surface area contributed by atoms with Gasteiger partial charge < -0.3 is 18.9 Å². The number of rotatable bonds is 7. The Hall–Kier alpha value is -1.63. The fourth-order valence-corrected chi connectivity index (χ4v) is 2.84.